The number of aliphatic hydroxyl groups is 1. The van der Waals surface area contributed by atoms with Crippen molar-refractivity contribution in [3.05, 3.63) is 63.9 Å². The molecule has 0 unspecified atom stereocenters. The third kappa shape index (κ3) is 5.03. The first kappa shape index (κ1) is 25.1. The van der Waals surface area contributed by atoms with Crippen LogP contribution in [0.25, 0.3) is 0 Å². The van der Waals surface area contributed by atoms with Gasteiger partial charge in [-0.05, 0) is 58.7 Å². The summed E-state index contributed by atoms with van der Waals surface area (Å²) in [5, 5.41) is 9.58. The lowest BCUT2D eigenvalue weighted by molar-refractivity contribution is -0.376. The molecule has 170 valence electrons. The number of hydrogen-bond donors (Lipinski definition) is 1. The highest BCUT2D eigenvalue weighted by Gasteiger charge is 2.71. The van der Waals surface area contributed by atoms with Gasteiger partial charge in [0.05, 0.1) is 5.69 Å². The van der Waals surface area contributed by atoms with Gasteiger partial charge in [-0.15, -0.1) is 0 Å². The van der Waals surface area contributed by atoms with Crippen molar-refractivity contribution in [2.45, 2.75) is 37.7 Å². The van der Waals surface area contributed by atoms with E-state index in [0.717, 1.165) is 23.1 Å². The lowest BCUT2D eigenvalue weighted by Gasteiger charge is -2.33. The van der Waals surface area contributed by atoms with Gasteiger partial charge in [0.15, 0.2) is 0 Å². The molecular weight excluding hydrogens is 499 g/mol. The molecular formula is C20H17BrF7NO2. The number of amides is 1. The van der Waals surface area contributed by atoms with Crippen LogP contribution in [-0.4, -0.2) is 29.9 Å². The van der Waals surface area contributed by atoms with Gasteiger partial charge in [0.25, 0.3) is 11.5 Å². The summed E-state index contributed by atoms with van der Waals surface area (Å²) in [5.41, 5.74) is -6.46. The normalized spacial score (nSPS) is 12.7. The molecule has 0 saturated carbocycles. The van der Waals surface area contributed by atoms with Crippen molar-refractivity contribution in [2.75, 3.05) is 11.4 Å². The second kappa shape index (κ2) is 9.15. The number of halogens is 8. The summed E-state index contributed by atoms with van der Waals surface area (Å²) in [5.74, 6) is -1.20. The molecule has 3 nitrogen and oxygen atoms in total. The van der Waals surface area contributed by atoms with Gasteiger partial charge in [0.1, 0.15) is 5.82 Å². The fourth-order valence-corrected chi connectivity index (χ4v) is 3.43. The Kier molecular flexibility index (Phi) is 7.42. The number of nitrogens with zero attached hydrogens (tertiary/aromatic N) is 1. The van der Waals surface area contributed by atoms with Gasteiger partial charge in [-0.25, -0.2) is 4.39 Å². The lowest BCUT2D eigenvalue weighted by Crippen LogP contribution is -2.53. The predicted molar refractivity (Wildman–Crippen MR) is 103 cm³/mol. The Balaban J connectivity index is 2.54. The van der Waals surface area contributed by atoms with Crippen LogP contribution in [0, 0.1) is 5.82 Å². The maximum Gasteiger partial charge on any atom is 0.430 e. The summed E-state index contributed by atoms with van der Waals surface area (Å²) in [6.07, 6.45) is -10.9. The molecule has 1 amide bonds. The number of hydrogen-bond acceptors (Lipinski definition) is 2. The average Bonchev–Trinajstić information content (AvgIpc) is 2.67. The first-order chi connectivity index (χ1) is 14.2. The van der Waals surface area contributed by atoms with E-state index in [0.29, 0.717) is 25.0 Å². The zero-order valence-corrected chi connectivity index (χ0v) is 17.6. The van der Waals surface area contributed by atoms with E-state index >= 15 is 0 Å². The summed E-state index contributed by atoms with van der Waals surface area (Å²) >= 11 is 2.92. The SMILES string of the molecule is CCCCN(C(=O)c1ccc(F)cc1)c1ccc(C(O)(C(F)(F)F)C(F)(F)F)cc1Br. The predicted octanol–water partition coefficient (Wildman–Crippen LogP) is 6.35. The Labute approximate surface area is 181 Å². The van der Waals surface area contributed by atoms with E-state index in [1.807, 2.05) is 6.92 Å². The topological polar surface area (TPSA) is 40.5 Å². The van der Waals surface area contributed by atoms with Gasteiger partial charge in [-0.3, -0.25) is 4.79 Å². The Morgan fingerprint density at radius 3 is 2.00 bits per heavy atom. The molecule has 1 N–H and O–H groups in total. The minimum absolute atomic E-state index is 0.00164. The standard InChI is InChI=1S/C20H17BrF7NO2/c1-2-3-10-29(17(30)12-4-7-14(22)8-5-12)16-9-6-13(11-15(16)21)18(31,19(23,24)25)20(26,27)28/h4-9,11,31H,2-3,10H2,1H3. The van der Waals surface area contributed by atoms with E-state index in [9.17, 15) is 40.6 Å². The van der Waals surface area contributed by atoms with Crippen molar-refractivity contribution in [3.8, 4) is 0 Å². The zero-order chi connectivity index (χ0) is 23.6. The number of unbranched alkanes of at least 4 members (excludes halogenated alkanes) is 1. The molecule has 0 saturated heterocycles. The molecule has 0 radical (unpaired) electrons. The van der Waals surface area contributed by atoms with Crippen molar-refractivity contribution in [1.82, 2.24) is 0 Å². The molecule has 0 aliphatic heterocycles. The largest absolute Gasteiger partial charge is 0.430 e. The maximum absolute atomic E-state index is 13.1. The fraction of sp³-hybridized carbons (Fsp3) is 0.350. The van der Waals surface area contributed by atoms with Crippen molar-refractivity contribution >= 4 is 27.5 Å². The monoisotopic (exact) mass is 515 g/mol. The minimum Gasteiger partial charge on any atom is -0.369 e. The smallest absolute Gasteiger partial charge is 0.369 e. The zero-order valence-electron chi connectivity index (χ0n) is 16.0. The second-order valence-corrected chi connectivity index (χ2v) is 7.54. The first-order valence-corrected chi connectivity index (χ1v) is 9.76. The van der Waals surface area contributed by atoms with Crippen molar-refractivity contribution < 1.29 is 40.6 Å². The number of anilines is 1. The van der Waals surface area contributed by atoms with Crippen molar-refractivity contribution in [1.29, 1.82) is 0 Å². The number of rotatable bonds is 6. The van der Waals surface area contributed by atoms with Crippen LogP contribution in [0.4, 0.5) is 36.4 Å². The minimum atomic E-state index is -6.03. The number of benzene rings is 2. The van der Waals surface area contributed by atoms with E-state index in [1.165, 1.54) is 12.1 Å². The maximum atomic E-state index is 13.1. The van der Waals surface area contributed by atoms with Gasteiger partial charge < -0.3 is 10.0 Å². The number of alkyl halides is 6. The van der Waals surface area contributed by atoms with Gasteiger partial charge >= 0.3 is 12.4 Å². The molecule has 0 atom stereocenters. The Morgan fingerprint density at radius 1 is 1.00 bits per heavy atom. The van der Waals surface area contributed by atoms with Crippen molar-refractivity contribution in [2.24, 2.45) is 0 Å². The summed E-state index contributed by atoms with van der Waals surface area (Å²) in [7, 11) is 0. The fourth-order valence-electron chi connectivity index (χ4n) is 2.83. The van der Waals surface area contributed by atoms with Crippen LogP contribution in [0.5, 0.6) is 0 Å². The summed E-state index contributed by atoms with van der Waals surface area (Å²) < 4.78 is 91.8. The van der Waals surface area contributed by atoms with Gasteiger partial charge in [-0.2, -0.15) is 26.3 Å². The summed E-state index contributed by atoms with van der Waals surface area (Å²) in [4.78, 5) is 14.0. The average molecular weight is 516 g/mol. The molecule has 0 bridgehead atoms. The van der Waals surface area contributed by atoms with Gasteiger partial charge in [-0.1, -0.05) is 19.4 Å². The third-order valence-corrected chi connectivity index (χ3v) is 5.18. The van der Waals surface area contributed by atoms with E-state index in [4.69, 9.17) is 0 Å². The van der Waals surface area contributed by atoms with E-state index < -0.39 is 35.2 Å². The third-order valence-electron chi connectivity index (χ3n) is 4.55. The Bertz CT molecular complexity index is 913. The van der Waals surface area contributed by atoms with Gasteiger partial charge in [0.2, 0.25) is 0 Å². The molecule has 31 heavy (non-hydrogen) atoms. The Hall–Kier alpha value is -2.14. The van der Waals surface area contributed by atoms with Crippen LogP contribution in [0.1, 0.15) is 35.7 Å². The molecule has 0 aliphatic carbocycles. The highest BCUT2D eigenvalue weighted by atomic mass is 79.9. The van der Waals surface area contributed by atoms with E-state index in [2.05, 4.69) is 15.9 Å². The molecule has 11 heteroatoms. The molecule has 2 aromatic rings. The molecule has 0 fully saturated rings. The highest BCUT2D eigenvalue weighted by molar-refractivity contribution is 9.10. The van der Waals surface area contributed by atoms with Crippen LogP contribution >= 0.6 is 15.9 Å². The van der Waals surface area contributed by atoms with E-state index in [1.54, 1.807) is 0 Å². The van der Waals surface area contributed by atoms with Crippen LogP contribution in [0.3, 0.4) is 0 Å². The van der Waals surface area contributed by atoms with Gasteiger partial charge in [0, 0.05) is 22.1 Å². The summed E-state index contributed by atoms with van der Waals surface area (Å²) in [6, 6.07) is 6.37. The van der Waals surface area contributed by atoms with Crippen molar-refractivity contribution in [3.63, 3.8) is 0 Å². The molecule has 2 aromatic carbocycles. The molecule has 0 aliphatic rings. The van der Waals surface area contributed by atoms with Crippen LogP contribution in [0.15, 0.2) is 46.9 Å². The number of carbonyl (C=O) groups is 1. The molecule has 0 heterocycles. The molecule has 2 rings (SSSR count). The Morgan fingerprint density at radius 2 is 1.55 bits per heavy atom. The molecule has 0 aromatic heterocycles. The highest BCUT2D eigenvalue weighted by Crippen LogP contribution is 2.51. The quantitative estimate of drug-likeness (QED) is 0.455. The summed E-state index contributed by atoms with van der Waals surface area (Å²) in [6.45, 7) is 1.93. The van der Waals surface area contributed by atoms with Crippen LogP contribution in [-0.2, 0) is 5.60 Å². The van der Waals surface area contributed by atoms with E-state index in [-0.39, 0.29) is 22.3 Å². The second-order valence-electron chi connectivity index (χ2n) is 6.69. The molecule has 0 spiro atoms. The van der Waals surface area contributed by atoms with Crippen LogP contribution in [0.2, 0.25) is 0 Å². The number of carbonyl (C=O) groups excluding carboxylic acids is 1. The lowest BCUT2D eigenvalue weighted by atomic mass is 9.92. The first-order valence-electron chi connectivity index (χ1n) is 8.97. The van der Waals surface area contributed by atoms with Crippen LogP contribution < -0.4 is 4.90 Å².